The number of ether oxygens (including phenoxy) is 2. The molecule has 0 spiro atoms. The van der Waals surface area contributed by atoms with Crippen molar-refractivity contribution in [1.29, 1.82) is 0 Å². The van der Waals surface area contributed by atoms with Gasteiger partial charge in [0.15, 0.2) is 0 Å². The molecule has 17 heteroatoms. The number of carbonyl (C=O) groups excluding carboxylic acids is 3. The van der Waals surface area contributed by atoms with Crippen LogP contribution in [0.2, 0.25) is 0 Å². The highest BCUT2D eigenvalue weighted by Crippen LogP contribution is 2.33. The number of amides is 3. The molecule has 3 unspecified atom stereocenters. The topological polar surface area (TPSA) is 166 Å². The Morgan fingerprint density at radius 3 is 2.44 bits per heavy atom. The number of likely N-dealkylation sites (N-methyl/N-ethyl adjacent to an activating group) is 1. The van der Waals surface area contributed by atoms with Crippen LogP contribution in [0, 0.1) is 12.7 Å². The van der Waals surface area contributed by atoms with Crippen molar-refractivity contribution < 1.29 is 28.2 Å². The Kier molecular flexibility index (Phi) is 14.7. The van der Waals surface area contributed by atoms with Gasteiger partial charge in [-0.2, -0.15) is 4.68 Å². The van der Waals surface area contributed by atoms with Crippen LogP contribution < -0.4 is 26.4 Å². The van der Waals surface area contributed by atoms with Gasteiger partial charge in [-0.25, -0.2) is 4.39 Å². The van der Waals surface area contributed by atoms with E-state index in [0.29, 0.717) is 62.7 Å². The number of nitrogens with zero attached hydrogens (tertiary/aromatic N) is 7. The number of imide groups is 1. The molecule has 3 aromatic carbocycles. The van der Waals surface area contributed by atoms with Gasteiger partial charge in [0.05, 0.1) is 38.4 Å². The average Bonchev–Trinajstić information content (AvgIpc) is 3.69. The number of aryl methyl sites for hydroxylation is 1. The number of hydrogen-bond acceptors (Lipinski definition) is 13. The smallest absolute Gasteiger partial charge is 0.278 e. The molecule has 4 heterocycles. The summed E-state index contributed by atoms with van der Waals surface area (Å²) in [7, 11) is 4.28. The SMILES string of the molecule is Cc1cccc(F)c1CN1CC(c2ccc(N3CCN(CCOCCOCCNC(=O)CNc4ccc5nnn(C6CCC(=O)NC6=O)c(=O)c5c4)CC3)cc2)C(N(C)C)C1. The van der Waals surface area contributed by atoms with Crippen LogP contribution in [0.5, 0.6) is 0 Å². The Labute approximate surface area is 355 Å². The second-order valence-corrected chi connectivity index (χ2v) is 16.3. The number of likely N-dealkylation sites (tertiary alicyclic amines) is 1. The van der Waals surface area contributed by atoms with Crippen molar-refractivity contribution in [2.24, 2.45) is 0 Å². The second kappa shape index (κ2) is 20.5. The first-order chi connectivity index (χ1) is 29.5. The molecular formula is C44H57FN10O6. The summed E-state index contributed by atoms with van der Waals surface area (Å²) in [5, 5.41) is 16.2. The fraction of sp³-hybridized carbons (Fsp3) is 0.500. The summed E-state index contributed by atoms with van der Waals surface area (Å²) in [4.78, 5) is 58.9. The number of rotatable bonds is 18. The normalized spacial score (nSPS) is 20.1. The van der Waals surface area contributed by atoms with Crippen LogP contribution in [-0.4, -0.2) is 153 Å². The third kappa shape index (κ3) is 11.1. The zero-order valence-electron chi connectivity index (χ0n) is 35.3. The highest BCUT2D eigenvalue weighted by molar-refractivity contribution is 5.99. The predicted octanol–water partition coefficient (Wildman–Crippen LogP) is 2.13. The van der Waals surface area contributed by atoms with Gasteiger partial charge in [0.25, 0.3) is 11.5 Å². The number of nitrogens with one attached hydrogen (secondary N) is 3. The maximum Gasteiger partial charge on any atom is 0.278 e. The van der Waals surface area contributed by atoms with E-state index in [1.54, 1.807) is 30.3 Å². The molecule has 3 amide bonds. The largest absolute Gasteiger partial charge is 0.378 e. The van der Waals surface area contributed by atoms with E-state index in [1.165, 1.54) is 11.3 Å². The van der Waals surface area contributed by atoms with Gasteiger partial charge in [0, 0.05) is 94.2 Å². The summed E-state index contributed by atoms with van der Waals surface area (Å²) in [6, 6.07) is 18.7. The fourth-order valence-electron chi connectivity index (χ4n) is 8.41. The molecule has 16 nitrogen and oxygen atoms in total. The molecule has 3 saturated heterocycles. The summed E-state index contributed by atoms with van der Waals surface area (Å²) in [5.41, 5.74) is 4.74. The van der Waals surface area contributed by atoms with Crippen molar-refractivity contribution >= 4 is 40.0 Å². The number of piperazine rings is 1. The van der Waals surface area contributed by atoms with Gasteiger partial charge < -0.3 is 29.9 Å². The quantitative estimate of drug-likeness (QED) is 0.0987. The van der Waals surface area contributed by atoms with Gasteiger partial charge in [0.2, 0.25) is 11.8 Å². The van der Waals surface area contributed by atoms with E-state index in [2.05, 4.69) is 84.2 Å². The average molecular weight is 841 g/mol. The number of halogens is 1. The van der Waals surface area contributed by atoms with E-state index in [0.717, 1.165) is 61.6 Å². The van der Waals surface area contributed by atoms with Crippen molar-refractivity contribution in [2.45, 2.75) is 44.3 Å². The van der Waals surface area contributed by atoms with Gasteiger partial charge in [-0.05, 0) is 75.0 Å². The Morgan fingerprint density at radius 2 is 1.70 bits per heavy atom. The number of carbonyl (C=O) groups is 3. The lowest BCUT2D eigenvalue weighted by atomic mass is 9.93. The van der Waals surface area contributed by atoms with Crippen LogP contribution in [0.25, 0.3) is 10.9 Å². The lowest BCUT2D eigenvalue weighted by Gasteiger charge is -2.36. The number of benzene rings is 3. The molecule has 326 valence electrons. The van der Waals surface area contributed by atoms with E-state index in [-0.39, 0.29) is 42.4 Å². The zero-order valence-corrected chi connectivity index (χ0v) is 35.3. The Bertz CT molecular complexity index is 2190. The van der Waals surface area contributed by atoms with E-state index in [4.69, 9.17) is 9.47 Å². The van der Waals surface area contributed by atoms with Crippen LogP contribution in [0.1, 0.15) is 41.5 Å². The molecule has 0 radical (unpaired) electrons. The molecule has 4 aromatic rings. The standard InChI is InChI=1S/C44H57FN10O6/c1-30-5-4-6-37(45)35(30)27-53-28-36(40(29-53)51(2)3)31-7-10-33(11-8-31)54-18-16-52(17-19-54)20-22-61-24-23-60-21-15-46-42(57)26-47-32-9-12-38-34(25-32)44(59)55(50-49-38)39-13-14-41(56)48-43(39)58/h4-12,25,36,39-40,47H,13-24,26-29H2,1-3H3,(H,46,57)(H,48,56,58). The predicted molar refractivity (Wildman–Crippen MR) is 230 cm³/mol. The van der Waals surface area contributed by atoms with E-state index in [9.17, 15) is 23.6 Å². The van der Waals surface area contributed by atoms with Gasteiger partial charge in [-0.3, -0.25) is 34.3 Å². The molecule has 0 aliphatic carbocycles. The summed E-state index contributed by atoms with van der Waals surface area (Å²) in [6.07, 6.45) is 0.274. The minimum atomic E-state index is -0.915. The summed E-state index contributed by atoms with van der Waals surface area (Å²) >= 11 is 0. The zero-order chi connectivity index (χ0) is 42.9. The minimum Gasteiger partial charge on any atom is -0.378 e. The molecule has 0 saturated carbocycles. The van der Waals surface area contributed by atoms with E-state index in [1.807, 2.05) is 13.0 Å². The third-order valence-electron chi connectivity index (χ3n) is 12.0. The Hall–Kier alpha value is -5.33. The maximum absolute atomic E-state index is 14.6. The van der Waals surface area contributed by atoms with Crippen LogP contribution in [-0.2, 0) is 30.4 Å². The molecule has 61 heavy (non-hydrogen) atoms. The van der Waals surface area contributed by atoms with Crippen molar-refractivity contribution in [3.05, 3.63) is 93.5 Å². The van der Waals surface area contributed by atoms with E-state index >= 15 is 0 Å². The number of hydrogen-bond donors (Lipinski definition) is 3. The molecule has 7 rings (SSSR count). The van der Waals surface area contributed by atoms with Crippen molar-refractivity contribution in [3.63, 3.8) is 0 Å². The number of anilines is 2. The van der Waals surface area contributed by atoms with Gasteiger partial charge in [0.1, 0.15) is 17.4 Å². The number of fused-ring (bicyclic) bond motifs is 1. The highest BCUT2D eigenvalue weighted by atomic mass is 19.1. The monoisotopic (exact) mass is 840 g/mol. The molecular weight excluding hydrogens is 784 g/mol. The van der Waals surface area contributed by atoms with Gasteiger partial charge in [-0.15, -0.1) is 5.10 Å². The fourth-order valence-corrected chi connectivity index (χ4v) is 8.41. The van der Waals surface area contributed by atoms with Crippen LogP contribution in [0.4, 0.5) is 15.8 Å². The first kappa shape index (κ1) is 43.7. The minimum absolute atomic E-state index is 0.0215. The van der Waals surface area contributed by atoms with Gasteiger partial charge >= 0.3 is 0 Å². The molecule has 0 bridgehead atoms. The molecule has 3 aliphatic heterocycles. The van der Waals surface area contributed by atoms with E-state index < -0.39 is 17.5 Å². The molecule has 3 N–H and O–H groups in total. The van der Waals surface area contributed by atoms with Crippen molar-refractivity contribution in [1.82, 2.24) is 40.3 Å². The lowest BCUT2D eigenvalue weighted by Crippen LogP contribution is -2.47. The van der Waals surface area contributed by atoms with Crippen molar-refractivity contribution in [3.8, 4) is 0 Å². The molecule has 3 fully saturated rings. The van der Waals surface area contributed by atoms with Crippen molar-refractivity contribution in [2.75, 3.05) is 110 Å². The maximum atomic E-state index is 14.6. The molecule has 1 aromatic heterocycles. The molecule has 3 atom stereocenters. The van der Waals surface area contributed by atoms with Crippen LogP contribution in [0.3, 0.4) is 0 Å². The lowest BCUT2D eigenvalue weighted by molar-refractivity contribution is -0.136. The first-order valence-electron chi connectivity index (χ1n) is 21.1. The van der Waals surface area contributed by atoms with Crippen LogP contribution >= 0.6 is 0 Å². The summed E-state index contributed by atoms with van der Waals surface area (Å²) in [5.74, 6) is -0.980. The summed E-state index contributed by atoms with van der Waals surface area (Å²) in [6.45, 7) is 11.3. The number of piperidine rings is 1. The number of aromatic nitrogens is 3. The van der Waals surface area contributed by atoms with Crippen LogP contribution in [0.15, 0.2) is 65.5 Å². The summed E-state index contributed by atoms with van der Waals surface area (Å²) < 4.78 is 27.1. The Balaban J connectivity index is 0.742. The van der Waals surface area contributed by atoms with Gasteiger partial charge in [-0.1, -0.05) is 29.5 Å². The molecule has 3 aliphatic rings. The third-order valence-corrected chi connectivity index (χ3v) is 12.0. The second-order valence-electron chi connectivity index (χ2n) is 16.3. The first-order valence-corrected chi connectivity index (χ1v) is 21.1. The Morgan fingerprint density at radius 1 is 0.934 bits per heavy atom. The highest BCUT2D eigenvalue weighted by Gasteiger charge is 2.36.